The molecule has 1 atom stereocenters. The summed E-state index contributed by atoms with van der Waals surface area (Å²) in [4.78, 5) is 34.4. The second kappa shape index (κ2) is 8.94. The topological polar surface area (TPSA) is 102 Å². The molecule has 5 heterocycles. The number of hydrogen-bond donors (Lipinski definition) is 0. The summed E-state index contributed by atoms with van der Waals surface area (Å²) < 4.78 is 3.07. The van der Waals surface area contributed by atoms with Crippen molar-refractivity contribution in [3.63, 3.8) is 0 Å². The highest BCUT2D eigenvalue weighted by Crippen LogP contribution is 2.22. The molecule has 1 unspecified atom stereocenters. The minimum atomic E-state index is -0.682. The number of carbonyl (C=O) groups excluding carboxylic acids is 1. The van der Waals surface area contributed by atoms with Crippen molar-refractivity contribution in [2.24, 2.45) is 0 Å². The molecule has 0 saturated carbocycles. The van der Waals surface area contributed by atoms with E-state index in [9.17, 15) is 9.59 Å². The van der Waals surface area contributed by atoms with Crippen molar-refractivity contribution >= 4 is 23.1 Å². The van der Waals surface area contributed by atoms with Crippen LogP contribution < -0.4 is 10.5 Å². The summed E-state index contributed by atoms with van der Waals surface area (Å²) in [6.45, 7) is 4.06. The SMILES string of the molecule is CC(C(=O)N1CCN(c2ccc(-n3ccnc3)nn2)CC1)n1nc(-c2cccs2)ccc1=O. The van der Waals surface area contributed by atoms with Crippen LogP contribution in [0.25, 0.3) is 16.4 Å². The Balaban J connectivity index is 1.24. The predicted octanol–water partition coefficient (Wildman–Crippen LogP) is 1.86. The first-order valence-electron chi connectivity index (χ1n) is 10.6. The summed E-state index contributed by atoms with van der Waals surface area (Å²) in [5, 5.41) is 15.0. The maximum atomic E-state index is 13.1. The van der Waals surface area contributed by atoms with E-state index in [1.54, 1.807) is 46.3 Å². The minimum Gasteiger partial charge on any atom is -0.352 e. The lowest BCUT2D eigenvalue weighted by molar-refractivity contribution is -0.135. The van der Waals surface area contributed by atoms with Crippen molar-refractivity contribution in [1.29, 1.82) is 0 Å². The zero-order valence-electron chi connectivity index (χ0n) is 18.0. The van der Waals surface area contributed by atoms with Gasteiger partial charge in [0.25, 0.3) is 5.56 Å². The van der Waals surface area contributed by atoms with E-state index in [1.807, 2.05) is 35.8 Å². The standard InChI is InChI=1S/C22H22N8O2S/c1-16(30-21(31)7-4-17(26-30)18-3-2-14-33-18)22(32)28-12-10-27(11-13-28)19-5-6-20(25-24-19)29-9-8-23-15-29/h2-9,14-16H,10-13H2,1H3. The van der Waals surface area contributed by atoms with E-state index < -0.39 is 6.04 Å². The number of anilines is 1. The van der Waals surface area contributed by atoms with Crippen LogP contribution in [0.15, 0.2) is 65.3 Å². The van der Waals surface area contributed by atoms with E-state index in [1.165, 1.54) is 10.7 Å². The van der Waals surface area contributed by atoms with Gasteiger partial charge in [-0.15, -0.1) is 21.5 Å². The molecule has 1 aliphatic rings. The molecule has 1 amide bonds. The molecule has 4 aromatic rings. The zero-order valence-corrected chi connectivity index (χ0v) is 18.8. The monoisotopic (exact) mass is 462 g/mol. The number of imidazole rings is 1. The molecule has 0 aromatic carbocycles. The fourth-order valence-electron chi connectivity index (χ4n) is 3.80. The number of thiophene rings is 1. The Bertz CT molecular complexity index is 1280. The molecule has 1 aliphatic heterocycles. The lowest BCUT2D eigenvalue weighted by atomic mass is 10.2. The van der Waals surface area contributed by atoms with Gasteiger partial charge in [-0.3, -0.25) is 14.2 Å². The first kappa shape index (κ1) is 21.0. The van der Waals surface area contributed by atoms with Crippen molar-refractivity contribution in [1.82, 2.24) is 34.4 Å². The molecule has 11 heteroatoms. The molecule has 0 bridgehead atoms. The molecule has 33 heavy (non-hydrogen) atoms. The average molecular weight is 463 g/mol. The predicted molar refractivity (Wildman–Crippen MR) is 124 cm³/mol. The summed E-state index contributed by atoms with van der Waals surface area (Å²) in [6.07, 6.45) is 5.17. The van der Waals surface area contributed by atoms with E-state index in [2.05, 4.69) is 25.2 Å². The van der Waals surface area contributed by atoms with E-state index >= 15 is 0 Å². The van der Waals surface area contributed by atoms with Gasteiger partial charge < -0.3 is 9.80 Å². The molecule has 1 saturated heterocycles. The van der Waals surface area contributed by atoms with E-state index in [4.69, 9.17) is 0 Å². The molecule has 0 N–H and O–H groups in total. The summed E-state index contributed by atoms with van der Waals surface area (Å²) in [5.74, 6) is 1.34. The van der Waals surface area contributed by atoms with Crippen molar-refractivity contribution in [3.8, 4) is 16.4 Å². The van der Waals surface area contributed by atoms with Gasteiger partial charge in [0.2, 0.25) is 5.91 Å². The van der Waals surface area contributed by atoms with Crippen molar-refractivity contribution < 1.29 is 4.79 Å². The van der Waals surface area contributed by atoms with Gasteiger partial charge in [0.15, 0.2) is 11.6 Å². The third-order valence-electron chi connectivity index (χ3n) is 5.64. The van der Waals surface area contributed by atoms with Crippen LogP contribution in [0.4, 0.5) is 5.82 Å². The molecule has 5 rings (SSSR count). The fraction of sp³-hybridized carbons (Fsp3) is 0.273. The molecule has 4 aromatic heterocycles. The van der Waals surface area contributed by atoms with E-state index in [0.717, 1.165) is 10.7 Å². The van der Waals surface area contributed by atoms with Crippen LogP contribution in [0.3, 0.4) is 0 Å². The van der Waals surface area contributed by atoms with Gasteiger partial charge in [-0.05, 0) is 36.6 Å². The van der Waals surface area contributed by atoms with Gasteiger partial charge in [-0.2, -0.15) is 5.10 Å². The largest absolute Gasteiger partial charge is 0.352 e. The van der Waals surface area contributed by atoms with Crippen molar-refractivity contribution in [2.75, 3.05) is 31.1 Å². The number of hydrogen-bond acceptors (Lipinski definition) is 8. The average Bonchev–Trinajstić information content (AvgIpc) is 3.59. The highest BCUT2D eigenvalue weighted by Gasteiger charge is 2.27. The number of piperazine rings is 1. The Kier molecular flexibility index (Phi) is 5.69. The smallest absolute Gasteiger partial charge is 0.267 e. The fourth-order valence-corrected chi connectivity index (χ4v) is 4.49. The molecular weight excluding hydrogens is 440 g/mol. The van der Waals surface area contributed by atoms with Crippen LogP contribution in [0, 0.1) is 0 Å². The van der Waals surface area contributed by atoms with Gasteiger partial charge in [-0.25, -0.2) is 9.67 Å². The number of carbonyl (C=O) groups is 1. The van der Waals surface area contributed by atoms with Gasteiger partial charge in [-0.1, -0.05) is 6.07 Å². The quantitative estimate of drug-likeness (QED) is 0.446. The second-order valence-electron chi connectivity index (χ2n) is 7.69. The molecular formula is C22H22N8O2S. The van der Waals surface area contributed by atoms with Crippen LogP contribution in [-0.2, 0) is 4.79 Å². The Labute approximate surface area is 193 Å². The second-order valence-corrected chi connectivity index (χ2v) is 8.63. The Morgan fingerprint density at radius 1 is 1.03 bits per heavy atom. The molecule has 1 fully saturated rings. The van der Waals surface area contributed by atoms with Crippen LogP contribution in [-0.4, -0.2) is 66.5 Å². The maximum absolute atomic E-state index is 13.1. The highest BCUT2D eigenvalue weighted by molar-refractivity contribution is 7.13. The van der Waals surface area contributed by atoms with Gasteiger partial charge in [0, 0.05) is 44.6 Å². The van der Waals surface area contributed by atoms with Crippen molar-refractivity contribution in [2.45, 2.75) is 13.0 Å². The molecule has 10 nitrogen and oxygen atoms in total. The third kappa shape index (κ3) is 4.27. The Hall–Kier alpha value is -3.86. The van der Waals surface area contributed by atoms with Gasteiger partial charge in [0.05, 0.1) is 4.88 Å². The van der Waals surface area contributed by atoms with Crippen LogP contribution in [0.5, 0.6) is 0 Å². The van der Waals surface area contributed by atoms with Gasteiger partial charge in [0.1, 0.15) is 18.1 Å². The van der Waals surface area contributed by atoms with Crippen LogP contribution >= 0.6 is 11.3 Å². The zero-order chi connectivity index (χ0) is 22.8. The van der Waals surface area contributed by atoms with Crippen molar-refractivity contribution in [3.05, 3.63) is 70.9 Å². The molecule has 0 radical (unpaired) electrons. The third-order valence-corrected chi connectivity index (χ3v) is 6.54. The highest BCUT2D eigenvalue weighted by atomic mass is 32.1. The molecule has 0 spiro atoms. The minimum absolute atomic E-state index is 0.117. The van der Waals surface area contributed by atoms with E-state index in [-0.39, 0.29) is 11.5 Å². The maximum Gasteiger partial charge on any atom is 0.267 e. The number of aromatic nitrogens is 6. The number of rotatable bonds is 5. The first-order valence-corrected chi connectivity index (χ1v) is 11.5. The Morgan fingerprint density at radius 2 is 1.82 bits per heavy atom. The summed E-state index contributed by atoms with van der Waals surface area (Å²) in [7, 11) is 0. The first-order chi connectivity index (χ1) is 16.1. The van der Waals surface area contributed by atoms with Crippen LogP contribution in [0.1, 0.15) is 13.0 Å². The van der Waals surface area contributed by atoms with E-state index in [0.29, 0.717) is 37.7 Å². The van der Waals surface area contributed by atoms with Gasteiger partial charge >= 0.3 is 0 Å². The summed E-state index contributed by atoms with van der Waals surface area (Å²) >= 11 is 1.54. The summed E-state index contributed by atoms with van der Waals surface area (Å²) in [6, 6.07) is 10.2. The molecule has 0 aliphatic carbocycles. The number of amides is 1. The lowest BCUT2D eigenvalue weighted by Gasteiger charge is -2.36. The molecule has 168 valence electrons. The van der Waals surface area contributed by atoms with Crippen LogP contribution in [0.2, 0.25) is 0 Å². The lowest BCUT2D eigenvalue weighted by Crippen LogP contribution is -2.51. The summed E-state index contributed by atoms with van der Waals surface area (Å²) in [5.41, 5.74) is 0.398. The Morgan fingerprint density at radius 3 is 2.48 bits per heavy atom. The number of nitrogens with zero attached hydrogens (tertiary/aromatic N) is 8. The normalized spacial score (nSPS) is 14.9.